The number of aliphatic hydroxyl groups excluding tert-OH is 1. The second-order valence-corrected chi connectivity index (χ2v) is 4.47. The van der Waals surface area contributed by atoms with E-state index in [0.29, 0.717) is 22.1 Å². The Balaban J connectivity index is 2.53. The van der Waals surface area contributed by atoms with E-state index in [1.165, 1.54) is 18.2 Å². The number of rotatable bonds is 5. The largest absolute Gasteiger partial charge is 0.396 e. The summed E-state index contributed by atoms with van der Waals surface area (Å²) >= 11 is 1.93. The van der Waals surface area contributed by atoms with Gasteiger partial charge in [-0.1, -0.05) is 0 Å². The molecule has 88 valence electrons. The second-order valence-electron chi connectivity index (χ2n) is 3.31. The average molecular weight is 337 g/mol. The minimum absolute atomic E-state index is 0.129. The molecular formula is C11H13FINO2. The number of hydrogen-bond acceptors (Lipinski definition) is 2. The Hall–Kier alpha value is -0.690. The number of benzene rings is 1. The van der Waals surface area contributed by atoms with Crippen molar-refractivity contribution in [3.8, 4) is 0 Å². The lowest BCUT2D eigenvalue weighted by atomic mass is 10.2. The highest BCUT2D eigenvalue weighted by Gasteiger charge is 2.09. The van der Waals surface area contributed by atoms with Crippen molar-refractivity contribution in [2.45, 2.75) is 12.8 Å². The quantitative estimate of drug-likeness (QED) is 0.637. The van der Waals surface area contributed by atoms with Gasteiger partial charge < -0.3 is 10.4 Å². The molecule has 0 unspecified atom stereocenters. The molecule has 1 rings (SSSR count). The van der Waals surface area contributed by atoms with Crippen molar-refractivity contribution in [3.05, 3.63) is 33.1 Å². The average Bonchev–Trinajstić information content (AvgIpc) is 2.24. The minimum Gasteiger partial charge on any atom is -0.396 e. The number of carbonyl (C=O) groups is 1. The summed E-state index contributed by atoms with van der Waals surface area (Å²) in [6.07, 6.45) is 1.40. The summed E-state index contributed by atoms with van der Waals surface area (Å²) in [4.78, 5) is 11.6. The van der Waals surface area contributed by atoms with Crippen LogP contribution in [0.5, 0.6) is 0 Å². The number of carbonyl (C=O) groups excluding carboxylic acids is 1. The third-order valence-corrected chi connectivity index (χ3v) is 2.94. The van der Waals surface area contributed by atoms with Crippen molar-refractivity contribution in [1.29, 1.82) is 0 Å². The van der Waals surface area contributed by atoms with E-state index in [0.717, 1.165) is 6.42 Å². The zero-order valence-electron chi connectivity index (χ0n) is 8.67. The first-order valence-corrected chi connectivity index (χ1v) is 6.07. The molecule has 0 spiro atoms. The topological polar surface area (TPSA) is 49.3 Å². The Morgan fingerprint density at radius 3 is 2.81 bits per heavy atom. The van der Waals surface area contributed by atoms with Gasteiger partial charge >= 0.3 is 0 Å². The van der Waals surface area contributed by atoms with Gasteiger partial charge in [-0.15, -0.1) is 0 Å². The molecule has 0 radical (unpaired) electrons. The second kappa shape index (κ2) is 6.80. The smallest absolute Gasteiger partial charge is 0.252 e. The standard InChI is InChI=1S/C11H13FINO2/c12-8-3-4-9(10(13)7-8)11(16)14-5-1-2-6-15/h3-4,7,15H,1-2,5-6H2,(H,14,16). The fraction of sp³-hybridized carbons (Fsp3) is 0.364. The van der Waals surface area contributed by atoms with E-state index in [4.69, 9.17) is 5.11 Å². The summed E-state index contributed by atoms with van der Waals surface area (Å²) < 4.78 is 13.4. The van der Waals surface area contributed by atoms with Crippen LogP contribution in [0.25, 0.3) is 0 Å². The molecule has 0 atom stereocenters. The molecule has 0 heterocycles. The van der Waals surface area contributed by atoms with Crippen LogP contribution in [-0.2, 0) is 0 Å². The van der Waals surface area contributed by atoms with Gasteiger partial charge in [-0.05, 0) is 53.6 Å². The van der Waals surface area contributed by atoms with E-state index in [1.54, 1.807) is 0 Å². The molecule has 1 amide bonds. The maximum absolute atomic E-state index is 12.8. The maximum Gasteiger partial charge on any atom is 0.252 e. The fourth-order valence-corrected chi connectivity index (χ4v) is 1.93. The highest BCUT2D eigenvalue weighted by molar-refractivity contribution is 14.1. The van der Waals surface area contributed by atoms with Crippen LogP contribution in [0.15, 0.2) is 18.2 Å². The van der Waals surface area contributed by atoms with Gasteiger partial charge in [0.15, 0.2) is 0 Å². The van der Waals surface area contributed by atoms with Gasteiger partial charge in [0.25, 0.3) is 5.91 Å². The highest BCUT2D eigenvalue weighted by atomic mass is 127. The Morgan fingerprint density at radius 1 is 1.44 bits per heavy atom. The summed E-state index contributed by atoms with van der Waals surface area (Å²) in [5, 5.41) is 11.3. The van der Waals surface area contributed by atoms with Gasteiger partial charge in [-0.25, -0.2) is 4.39 Å². The van der Waals surface area contributed by atoms with Gasteiger partial charge in [0, 0.05) is 16.7 Å². The Kier molecular flexibility index (Phi) is 5.68. The number of amides is 1. The van der Waals surface area contributed by atoms with Gasteiger partial charge in [-0.3, -0.25) is 4.79 Å². The third kappa shape index (κ3) is 4.05. The summed E-state index contributed by atoms with van der Waals surface area (Å²) in [5.41, 5.74) is 0.478. The summed E-state index contributed by atoms with van der Waals surface area (Å²) in [6.45, 7) is 0.650. The molecule has 0 saturated heterocycles. The minimum atomic E-state index is -0.346. The zero-order valence-corrected chi connectivity index (χ0v) is 10.8. The van der Waals surface area contributed by atoms with Crippen molar-refractivity contribution in [1.82, 2.24) is 5.32 Å². The predicted molar refractivity (Wildman–Crippen MR) is 67.8 cm³/mol. The molecule has 0 aliphatic carbocycles. The molecular weight excluding hydrogens is 324 g/mol. The van der Waals surface area contributed by atoms with Crippen LogP contribution in [-0.4, -0.2) is 24.2 Å². The summed E-state index contributed by atoms with van der Waals surface area (Å²) in [6, 6.07) is 4.06. The lowest BCUT2D eigenvalue weighted by Gasteiger charge is -2.06. The summed E-state index contributed by atoms with van der Waals surface area (Å²) in [5.74, 6) is -0.552. The van der Waals surface area contributed by atoms with E-state index >= 15 is 0 Å². The van der Waals surface area contributed by atoms with Crippen molar-refractivity contribution >= 4 is 28.5 Å². The maximum atomic E-state index is 12.8. The molecule has 0 fully saturated rings. The lowest BCUT2D eigenvalue weighted by molar-refractivity contribution is 0.0951. The van der Waals surface area contributed by atoms with Crippen LogP contribution < -0.4 is 5.32 Å². The van der Waals surface area contributed by atoms with Gasteiger partial charge in [0.1, 0.15) is 5.82 Å². The Labute approximate surface area is 107 Å². The van der Waals surface area contributed by atoms with Crippen molar-refractivity contribution in [3.63, 3.8) is 0 Å². The van der Waals surface area contributed by atoms with Gasteiger partial charge in [0.2, 0.25) is 0 Å². The lowest BCUT2D eigenvalue weighted by Crippen LogP contribution is -2.25. The molecule has 0 aliphatic rings. The van der Waals surface area contributed by atoms with Crippen molar-refractivity contribution < 1.29 is 14.3 Å². The molecule has 5 heteroatoms. The normalized spacial score (nSPS) is 10.2. The first kappa shape index (κ1) is 13.4. The molecule has 0 aromatic heterocycles. The van der Waals surface area contributed by atoms with E-state index in [9.17, 15) is 9.18 Å². The van der Waals surface area contributed by atoms with Crippen molar-refractivity contribution in [2.24, 2.45) is 0 Å². The monoisotopic (exact) mass is 337 g/mol. The van der Waals surface area contributed by atoms with Crippen LogP contribution in [0.4, 0.5) is 4.39 Å². The molecule has 0 aliphatic heterocycles. The zero-order chi connectivity index (χ0) is 12.0. The Bertz CT molecular complexity index is 371. The molecule has 0 bridgehead atoms. The van der Waals surface area contributed by atoms with E-state index in [-0.39, 0.29) is 18.3 Å². The van der Waals surface area contributed by atoms with Crippen molar-refractivity contribution in [2.75, 3.05) is 13.2 Å². The number of hydrogen-bond donors (Lipinski definition) is 2. The van der Waals surface area contributed by atoms with E-state index in [2.05, 4.69) is 5.32 Å². The first-order valence-electron chi connectivity index (χ1n) is 4.99. The van der Waals surface area contributed by atoms with Crippen LogP contribution in [0.1, 0.15) is 23.2 Å². The van der Waals surface area contributed by atoms with Gasteiger partial charge in [-0.2, -0.15) is 0 Å². The van der Waals surface area contributed by atoms with Crippen LogP contribution >= 0.6 is 22.6 Å². The number of unbranched alkanes of at least 4 members (excludes halogenated alkanes) is 1. The number of aliphatic hydroxyl groups is 1. The van der Waals surface area contributed by atoms with Crippen LogP contribution in [0.2, 0.25) is 0 Å². The molecule has 16 heavy (non-hydrogen) atoms. The number of halogens is 2. The fourth-order valence-electron chi connectivity index (χ4n) is 1.21. The first-order chi connectivity index (χ1) is 7.65. The van der Waals surface area contributed by atoms with E-state index < -0.39 is 0 Å². The molecule has 1 aromatic carbocycles. The molecule has 0 saturated carbocycles. The molecule has 3 nitrogen and oxygen atoms in total. The van der Waals surface area contributed by atoms with E-state index in [1.807, 2.05) is 22.6 Å². The van der Waals surface area contributed by atoms with Crippen LogP contribution in [0.3, 0.4) is 0 Å². The number of nitrogens with one attached hydrogen (secondary N) is 1. The SMILES string of the molecule is O=C(NCCCCO)c1ccc(F)cc1I. The molecule has 1 aromatic rings. The Morgan fingerprint density at radius 2 is 2.19 bits per heavy atom. The molecule has 2 N–H and O–H groups in total. The third-order valence-electron chi connectivity index (χ3n) is 2.05. The van der Waals surface area contributed by atoms with Gasteiger partial charge in [0.05, 0.1) is 5.56 Å². The predicted octanol–water partition coefficient (Wildman–Crippen LogP) is 1.93. The highest BCUT2D eigenvalue weighted by Crippen LogP contribution is 2.13. The summed E-state index contributed by atoms with van der Waals surface area (Å²) in [7, 11) is 0. The van der Waals surface area contributed by atoms with Crippen LogP contribution in [0, 0.1) is 9.39 Å².